The Balaban J connectivity index is 1.87. The van der Waals surface area contributed by atoms with Crippen LogP contribution < -0.4 is 10.1 Å². The van der Waals surface area contributed by atoms with Gasteiger partial charge in [-0.15, -0.1) is 11.3 Å². The number of rotatable bonds is 4. The lowest BCUT2D eigenvalue weighted by Crippen LogP contribution is -1.92. The molecule has 0 aliphatic heterocycles. The fourth-order valence-corrected chi connectivity index (χ4v) is 2.57. The van der Waals surface area contributed by atoms with Gasteiger partial charge in [0.05, 0.1) is 12.8 Å². The molecular weight excluding hydrogens is 270 g/mol. The van der Waals surface area contributed by atoms with Crippen LogP contribution in [0.4, 0.5) is 10.9 Å². The van der Waals surface area contributed by atoms with Gasteiger partial charge in [0.15, 0.2) is 5.13 Å². The molecule has 0 fully saturated rings. The van der Waals surface area contributed by atoms with Crippen LogP contribution in [-0.2, 0) is 0 Å². The van der Waals surface area contributed by atoms with Crippen LogP contribution in [0.3, 0.4) is 0 Å². The molecule has 0 amide bonds. The van der Waals surface area contributed by atoms with Crippen molar-refractivity contribution < 1.29 is 4.74 Å². The molecule has 0 radical (unpaired) electrons. The molecule has 0 atom stereocenters. The summed E-state index contributed by atoms with van der Waals surface area (Å²) in [6.45, 7) is 0. The molecule has 0 unspecified atom stereocenters. The first-order chi connectivity index (χ1) is 9.86. The summed E-state index contributed by atoms with van der Waals surface area (Å²) in [6, 6.07) is 13.6. The van der Waals surface area contributed by atoms with Crippen molar-refractivity contribution in [3.8, 4) is 17.0 Å². The fraction of sp³-hybridized carbons (Fsp3) is 0.0667. The van der Waals surface area contributed by atoms with Crippen LogP contribution in [0.5, 0.6) is 5.75 Å². The van der Waals surface area contributed by atoms with E-state index in [1.165, 1.54) is 0 Å². The highest BCUT2D eigenvalue weighted by Gasteiger charge is 2.09. The van der Waals surface area contributed by atoms with Crippen molar-refractivity contribution in [1.82, 2.24) is 9.97 Å². The zero-order valence-electron chi connectivity index (χ0n) is 10.9. The van der Waals surface area contributed by atoms with E-state index in [-0.39, 0.29) is 0 Å². The number of pyridine rings is 1. The first kappa shape index (κ1) is 12.6. The topological polar surface area (TPSA) is 47.0 Å². The first-order valence-electron chi connectivity index (χ1n) is 6.14. The van der Waals surface area contributed by atoms with E-state index in [9.17, 15) is 0 Å². The van der Waals surface area contributed by atoms with Gasteiger partial charge in [-0.1, -0.05) is 18.2 Å². The summed E-state index contributed by atoms with van der Waals surface area (Å²) >= 11 is 1.54. The minimum absolute atomic E-state index is 0.786. The maximum absolute atomic E-state index is 5.36. The van der Waals surface area contributed by atoms with Gasteiger partial charge in [-0.2, -0.15) is 0 Å². The smallest absolute Gasteiger partial charge is 0.188 e. The molecule has 1 aromatic carbocycles. The highest BCUT2D eigenvalue weighted by Crippen LogP contribution is 2.32. The summed E-state index contributed by atoms with van der Waals surface area (Å²) in [5.41, 5.74) is 1.88. The van der Waals surface area contributed by atoms with Crippen LogP contribution in [0, 0.1) is 0 Å². The van der Waals surface area contributed by atoms with E-state index < -0.39 is 0 Å². The number of anilines is 2. The summed E-state index contributed by atoms with van der Waals surface area (Å²) in [5.74, 6) is 1.61. The predicted molar refractivity (Wildman–Crippen MR) is 81.6 cm³/mol. The standard InChI is InChI=1S/C15H13N3OS/c1-19-13-7-3-2-6-11(13)12-10-20-15(17-12)18-14-8-4-5-9-16-14/h2-10H,1H3,(H,16,17,18). The molecule has 20 heavy (non-hydrogen) atoms. The number of benzene rings is 1. The van der Waals surface area contributed by atoms with Crippen molar-refractivity contribution in [3.63, 3.8) is 0 Å². The zero-order valence-corrected chi connectivity index (χ0v) is 11.7. The van der Waals surface area contributed by atoms with E-state index in [1.807, 2.05) is 47.8 Å². The molecule has 5 heteroatoms. The quantitative estimate of drug-likeness (QED) is 0.787. The zero-order chi connectivity index (χ0) is 13.8. The largest absolute Gasteiger partial charge is 0.496 e. The second-order valence-corrected chi connectivity index (χ2v) is 4.94. The lowest BCUT2D eigenvalue weighted by Gasteiger charge is -2.05. The molecule has 0 saturated carbocycles. The Bertz CT molecular complexity index is 697. The Labute approximate surface area is 121 Å². The molecule has 2 aromatic heterocycles. The van der Waals surface area contributed by atoms with Gasteiger partial charge in [-0.25, -0.2) is 9.97 Å². The summed E-state index contributed by atoms with van der Waals surface area (Å²) in [5, 5.41) is 6.00. The molecule has 0 spiro atoms. The maximum atomic E-state index is 5.36. The molecule has 2 heterocycles. The van der Waals surface area contributed by atoms with Crippen LogP contribution in [0.15, 0.2) is 54.0 Å². The number of para-hydroxylation sites is 1. The number of hydrogen-bond donors (Lipinski definition) is 1. The molecule has 3 rings (SSSR count). The van der Waals surface area contributed by atoms with Gasteiger partial charge < -0.3 is 10.1 Å². The van der Waals surface area contributed by atoms with Crippen molar-refractivity contribution in [2.24, 2.45) is 0 Å². The number of hydrogen-bond acceptors (Lipinski definition) is 5. The van der Waals surface area contributed by atoms with Gasteiger partial charge in [0.2, 0.25) is 0 Å². The van der Waals surface area contributed by atoms with Crippen molar-refractivity contribution in [3.05, 3.63) is 54.0 Å². The lowest BCUT2D eigenvalue weighted by molar-refractivity contribution is 0.416. The van der Waals surface area contributed by atoms with Crippen molar-refractivity contribution in [1.29, 1.82) is 0 Å². The summed E-state index contributed by atoms with van der Waals surface area (Å²) in [6.07, 6.45) is 1.75. The monoisotopic (exact) mass is 283 g/mol. The van der Waals surface area contributed by atoms with Crippen LogP contribution >= 0.6 is 11.3 Å². The maximum Gasteiger partial charge on any atom is 0.188 e. The van der Waals surface area contributed by atoms with Gasteiger partial charge in [0, 0.05) is 17.1 Å². The van der Waals surface area contributed by atoms with Crippen LogP contribution in [-0.4, -0.2) is 17.1 Å². The van der Waals surface area contributed by atoms with Gasteiger partial charge in [0.25, 0.3) is 0 Å². The SMILES string of the molecule is COc1ccccc1-c1csc(Nc2ccccn2)n1. The predicted octanol–water partition coefficient (Wildman–Crippen LogP) is 3.96. The molecule has 0 aliphatic carbocycles. The van der Waals surface area contributed by atoms with Crippen molar-refractivity contribution in [2.75, 3.05) is 12.4 Å². The minimum atomic E-state index is 0.786. The average Bonchev–Trinajstić information content (AvgIpc) is 2.96. The Hall–Kier alpha value is -2.40. The van der Waals surface area contributed by atoms with E-state index in [0.717, 1.165) is 28.0 Å². The van der Waals surface area contributed by atoms with Gasteiger partial charge in [-0.3, -0.25) is 0 Å². The van der Waals surface area contributed by atoms with Crippen LogP contribution in [0.25, 0.3) is 11.3 Å². The van der Waals surface area contributed by atoms with Crippen LogP contribution in [0.1, 0.15) is 0 Å². The van der Waals surface area contributed by atoms with E-state index in [2.05, 4.69) is 15.3 Å². The average molecular weight is 283 g/mol. The molecule has 0 aliphatic rings. The number of thiazole rings is 1. The molecule has 4 nitrogen and oxygen atoms in total. The highest BCUT2D eigenvalue weighted by molar-refractivity contribution is 7.14. The van der Waals surface area contributed by atoms with Crippen LogP contribution in [0.2, 0.25) is 0 Å². The number of aromatic nitrogens is 2. The fourth-order valence-electron chi connectivity index (χ4n) is 1.86. The summed E-state index contributed by atoms with van der Waals surface area (Å²) in [4.78, 5) is 8.79. The lowest BCUT2D eigenvalue weighted by atomic mass is 10.1. The Morgan fingerprint density at radius 2 is 1.95 bits per heavy atom. The number of nitrogens with zero attached hydrogens (tertiary/aromatic N) is 2. The van der Waals surface area contributed by atoms with E-state index in [0.29, 0.717) is 0 Å². The second-order valence-electron chi connectivity index (χ2n) is 4.08. The van der Waals surface area contributed by atoms with E-state index in [4.69, 9.17) is 4.74 Å². The second kappa shape index (κ2) is 5.71. The third kappa shape index (κ3) is 2.62. The van der Waals surface area contributed by atoms with Gasteiger partial charge in [-0.05, 0) is 24.3 Å². The normalized spacial score (nSPS) is 10.2. The molecular formula is C15H13N3OS. The van der Waals surface area contributed by atoms with E-state index >= 15 is 0 Å². The first-order valence-corrected chi connectivity index (χ1v) is 7.02. The third-order valence-electron chi connectivity index (χ3n) is 2.79. The molecule has 100 valence electrons. The van der Waals surface area contributed by atoms with Gasteiger partial charge in [0.1, 0.15) is 11.6 Å². The third-order valence-corrected chi connectivity index (χ3v) is 3.54. The Morgan fingerprint density at radius 1 is 1.10 bits per heavy atom. The van der Waals surface area contributed by atoms with Crippen molar-refractivity contribution >= 4 is 22.3 Å². The Morgan fingerprint density at radius 3 is 2.75 bits per heavy atom. The summed E-state index contributed by atoms with van der Waals surface area (Å²) < 4.78 is 5.36. The molecule has 0 saturated heterocycles. The highest BCUT2D eigenvalue weighted by atomic mass is 32.1. The number of nitrogens with one attached hydrogen (secondary N) is 1. The Kier molecular flexibility index (Phi) is 3.60. The van der Waals surface area contributed by atoms with Gasteiger partial charge >= 0.3 is 0 Å². The molecule has 3 aromatic rings. The van der Waals surface area contributed by atoms with E-state index in [1.54, 1.807) is 24.6 Å². The molecule has 0 bridgehead atoms. The molecule has 1 N–H and O–H groups in total. The number of methoxy groups -OCH3 is 1. The summed E-state index contributed by atoms with van der Waals surface area (Å²) in [7, 11) is 1.66. The number of ether oxygens (including phenoxy) is 1. The van der Waals surface area contributed by atoms with Crippen molar-refractivity contribution in [2.45, 2.75) is 0 Å². The minimum Gasteiger partial charge on any atom is -0.496 e.